The fourth-order valence-corrected chi connectivity index (χ4v) is 1.78. The maximum absolute atomic E-state index is 12.8. The van der Waals surface area contributed by atoms with Gasteiger partial charge in [0, 0.05) is 6.07 Å². The monoisotopic (exact) mass is 295 g/mol. The molecule has 0 fully saturated rings. The van der Waals surface area contributed by atoms with E-state index in [0.29, 0.717) is 11.0 Å². The van der Waals surface area contributed by atoms with Crippen molar-refractivity contribution in [3.63, 3.8) is 0 Å². The first kappa shape index (κ1) is 13.2. The zero-order valence-corrected chi connectivity index (χ0v) is 10.3. The van der Waals surface area contributed by atoms with Gasteiger partial charge in [0.1, 0.15) is 11.3 Å². The van der Waals surface area contributed by atoms with Crippen LogP contribution in [-0.4, -0.2) is 25.0 Å². The van der Waals surface area contributed by atoms with E-state index in [1.807, 2.05) is 0 Å². The minimum atomic E-state index is -4.70. The van der Waals surface area contributed by atoms with E-state index in [2.05, 4.69) is 25.7 Å². The largest absolute Gasteiger partial charge is 0.451 e. The lowest BCUT2D eigenvalue weighted by molar-refractivity contribution is -0.144. The Labute approximate surface area is 115 Å². The number of hydrogen-bond donors (Lipinski definition) is 2. The van der Waals surface area contributed by atoms with E-state index in [0.717, 1.165) is 0 Å². The molecule has 0 amide bonds. The molecule has 7 nitrogen and oxygen atoms in total. The van der Waals surface area contributed by atoms with E-state index in [4.69, 9.17) is 5.84 Å². The van der Waals surface area contributed by atoms with E-state index in [1.165, 1.54) is 10.7 Å². The predicted molar refractivity (Wildman–Crippen MR) is 67.3 cm³/mol. The minimum Gasteiger partial charge on any atom is -0.308 e. The van der Waals surface area contributed by atoms with Crippen LogP contribution in [0.15, 0.2) is 30.3 Å². The van der Waals surface area contributed by atoms with Crippen molar-refractivity contribution in [2.45, 2.75) is 6.18 Å². The average Bonchev–Trinajstić information content (AvgIpc) is 2.89. The van der Waals surface area contributed by atoms with Crippen LogP contribution in [0.5, 0.6) is 0 Å². The third-order valence-electron chi connectivity index (χ3n) is 2.68. The highest BCUT2D eigenvalue weighted by molar-refractivity contribution is 5.75. The molecule has 0 atom stereocenters. The van der Waals surface area contributed by atoms with Crippen LogP contribution >= 0.6 is 0 Å². The lowest BCUT2D eigenvalue weighted by Crippen LogP contribution is -2.17. The van der Waals surface area contributed by atoms with E-state index in [-0.39, 0.29) is 11.6 Å². The molecule has 0 spiro atoms. The molecule has 0 saturated heterocycles. The van der Waals surface area contributed by atoms with Crippen LogP contribution in [0.1, 0.15) is 5.82 Å². The molecule has 0 unspecified atom stereocenters. The maximum Gasteiger partial charge on any atom is 0.451 e. The Bertz CT molecular complexity index is 796. The zero-order valence-electron chi connectivity index (χ0n) is 10.3. The van der Waals surface area contributed by atoms with E-state index < -0.39 is 12.0 Å². The first-order valence-electron chi connectivity index (χ1n) is 5.73. The highest BCUT2D eigenvalue weighted by Gasteiger charge is 2.35. The Kier molecular flexibility index (Phi) is 2.94. The summed E-state index contributed by atoms with van der Waals surface area (Å²) in [5.41, 5.74) is 3.13. The molecule has 0 aliphatic rings. The summed E-state index contributed by atoms with van der Waals surface area (Å²) in [6, 6.07) is 8.06. The Hall–Kier alpha value is -2.75. The first-order valence-corrected chi connectivity index (χ1v) is 5.73. The van der Waals surface area contributed by atoms with Crippen molar-refractivity contribution < 1.29 is 13.2 Å². The van der Waals surface area contributed by atoms with Gasteiger partial charge >= 0.3 is 6.18 Å². The smallest absolute Gasteiger partial charge is 0.308 e. The number of hydrogen-bond acceptors (Lipinski definition) is 6. The molecule has 0 saturated carbocycles. The van der Waals surface area contributed by atoms with Crippen LogP contribution in [-0.2, 0) is 6.18 Å². The van der Waals surface area contributed by atoms with Crippen LogP contribution in [0.4, 0.5) is 19.0 Å². The van der Waals surface area contributed by atoms with Crippen LogP contribution in [0.2, 0.25) is 0 Å². The number of anilines is 1. The van der Waals surface area contributed by atoms with Gasteiger partial charge in [-0.25, -0.2) is 15.8 Å². The number of halogens is 3. The number of fused-ring (bicyclic) bond motifs is 1. The van der Waals surface area contributed by atoms with Crippen molar-refractivity contribution in [2.75, 3.05) is 5.43 Å². The number of alkyl halides is 3. The Morgan fingerprint density at radius 1 is 1.14 bits per heavy atom. The van der Waals surface area contributed by atoms with Crippen molar-refractivity contribution in [1.82, 2.24) is 25.0 Å². The van der Waals surface area contributed by atoms with Gasteiger partial charge in [-0.05, 0) is 12.1 Å². The molecule has 3 N–H and O–H groups in total. The van der Waals surface area contributed by atoms with Gasteiger partial charge in [0.2, 0.25) is 5.82 Å². The number of nitrogens with zero attached hydrogens (tertiary/aromatic N) is 5. The fourth-order valence-electron chi connectivity index (χ4n) is 1.78. The zero-order chi connectivity index (χ0) is 15.0. The maximum atomic E-state index is 12.8. The highest BCUT2D eigenvalue weighted by Crippen LogP contribution is 2.28. The van der Waals surface area contributed by atoms with Gasteiger partial charge in [-0.15, -0.1) is 5.10 Å². The summed E-state index contributed by atoms with van der Waals surface area (Å²) < 4.78 is 39.6. The number of aromatic nitrogens is 5. The summed E-state index contributed by atoms with van der Waals surface area (Å²) in [5.74, 6) is 3.57. The second-order valence-electron chi connectivity index (χ2n) is 4.07. The molecule has 2 aromatic heterocycles. The van der Waals surface area contributed by atoms with Crippen LogP contribution in [0, 0.1) is 0 Å². The van der Waals surface area contributed by atoms with Gasteiger partial charge in [-0.1, -0.05) is 17.3 Å². The molecule has 0 bridgehead atoms. The summed E-state index contributed by atoms with van der Waals surface area (Å²) in [6.07, 6.45) is -4.70. The third kappa shape index (κ3) is 2.36. The number of nitrogen functional groups attached to an aromatic ring is 1. The average molecular weight is 295 g/mol. The predicted octanol–water partition coefficient (Wildman–Crippen LogP) is 1.51. The van der Waals surface area contributed by atoms with Crippen LogP contribution in [0.25, 0.3) is 16.9 Å². The normalized spacial score (nSPS) is 11.8. The molecule has 0 radical (unpaired) electrons. The van der Waals surface area contributed by atoms with Crippen molar-refractivity contribution in [1.29, 1.82) is 0 Å². The molecular weight excluding hydrogens is 287 g/mol. The molecular formula is C11H8F3N7. The van der Waals surface area contributed by atoms with Crippen molar-refractivity contribution >= 4 is 16.9 Å². The van der Waals surface area contributed by atoms with Gasteiger partial charge in [0.25, 0.3) is 0 Å². The quantitative estimate of drug-likeness (QED) is 0.550. The summed E-state index contributed by atoms with van der Waals surface area (Å²) in [7, 11) is 0. The summed E-state index contributed by atoms with van der Waals surface area (Å²) >= 11 is 0. The molecule has 108 valence electrons. The molecule has 0 aliphatic heterocycles. The fraction of sp³-hybridized carbons (Fsp3) is 0.0909. The number of para-hydroxylation sites is 1. The SMILES string of the molecule is NNc1cc(-n2nnc3ccccc32)nc(C(F)(F)F)n1. The van der Waals surface area contributed by atoms with Gasteiger partial charge in [-0.3, -0.25) is 0 Å². The first-order chi connectivity index (χ1) is 9.99. The van der Waals surface area contributed by atoms with E-state index in [9.17, 15) is 13.2 Å². The molecule has 2 heterocycles. The van der Waals surface area contributed by atoms with Gasteiger partial charge in [0.05, 0.1) is 5.52 Å². The summed E-state index contributed by atoms with van der Waals surface area (Å²) in [5, 5.41) is 7.67. The Balaban J connectivity index is 2.22. The lowest BCUT2D eigenvalue weighted by atomic mass is 10.3. The Morgan fingerprint density at radius 3 is 2.62 bits per heavy atom. The molecule has 3 rings (SSSR count). The summed E-state index contributed by atoms with van der Waals surface area (Å²) in [6.45, 7) is 0. The molecule has 21 heavy (non-hydrogen) atoms. The number of rotatable bonds is 2. The number of benzene rings is 1. The van der Waals surface area contributed by atoms with Crippen molar-refractivity contribution in [2.24, 2.45) is 5.84 Å². The van der Waals surface area contributed by atoms with Crippen LogP contribution < -0.4 is 11.3 Å². The van der Waals surface area contributed by atoms with Gasteiger partial charge in [0.15, 0.2) is 5.82 Å². The minimum absolute atomic E-state index is 0.0843. The number of nitrogens with two attached hydrogens (primary N) is 1. The van der Waals surface area contributed by atoms with Crippen LogP contribution in [0.3, 0.4) is 0 Å². The standard InChI is InChI=1S/C11H8F3N7/c12-11(13,14)10-16-8(18-15)5-9(17-10)21-7-4-2-1-3-6(7)19-20-21/h1-5H,15H2,(H,16,17,18). The second-order valence-corrected chi connectivity index (χ2v) is 4.07. The number of nitrogens with one attached hydrogen (secondary N) is 1. The van der Waals surface area contributed by atoms with E-state index in [1.54, 1.807) is 24.3 Å². The van der Waals surface area contributed by atoms with Gasteiger partial charge in [-0.2, -0.15) is 17.9 Å². The van der Waals surface area contributed by atoms with E-state index >= 15 is 0 Å². The third-order valence-corrected chi connectivity index (χ3v) is 2.68. The second kappa shape index (κ2) is 4.66. The molecule has 1 aromatic carbocycles. The number of hydrazine groups is 1. The summed E-state index contributed by atoms with van der Waals surface area (Å²) in [4.78, 5) is 6.75. The van der Waals surface area contributed by atoms with Crippen molar-refractivity contribution in [3.05, 3.63) is 36.2 Å². The topological polar surface area (TPSA) is 94.5 Å². The molecule has 0 aliphatic carbocycles. The van der Waals surface area contributed by atoms with Crippen molar-refractivity contribution in [3.8, 4) is 5.82 Å². The Morgan fingerprint density at radius 2 is 1.90 bits per heavy atom. The highest BCUT2D eigenvalue weighted by atomic mass is 19.4. The molecule has 3 aromatic rings. The molecule has 10 heteroatoms. The lowest BCUT2D eigenvalue weighted by Gasteiger charge is -2.09. The van der Waals surface area contributed by atoms with Gasteiger partial charge < -0.3 is 5.43 Å².